The number of nitro groups is 1. The lowest BCUT2D eigenvalue weighted by atomic mass is 10.1. The van der Waals surface area contributed by atoms with Gasteiger partial charge in [-0.25, -0.2) is 4.39 Å². The van der Waals surface area contributed by atoms with Crippen LogP contribution in [0.25, 0.3) is 0 Å². The van der Waals surface area contributed by atoms with Gasteiger partial charge in [-0.15, -0.1) is 0 Å². The molecule has 0 aromatic heterocycles. The van der Waals surface area contributed by atoms with Gasteiger partial charge in [0, 0.05) is 37.8 Å². The van der Waals surface area contributed by atoms with E-state index in [4.69, 9.17) is 0 Å². The number of halogens is 1. The first-order valence-corrected chi connectivity index (χ1v) is 9.16. The third-order valence-corrected chi connectivity index (χ3v) is 4.81. The Labute approximate surface area is 167 Å². The van der Waals surface area contributed by atoms with Gasteiger partial charge in [0.15, 0.2) is 5.78 Å². The summed E-state index contributed by atoms with van der Waals surface area (Å²) in [5, 5.41) is 14.0. The number of piperazine rings is 1. The maximum Gasteiger partial charge on any atom is 0.293 e. The van der Waals surface area contributed by atoms with Crippen molar-refractivity contribution in [3.8, 4) is 0 Å². The van der Waals surface area contributed by atoms with Crippen molar-refractivity contribution in [1.82, 2.24) is 4.90 Å². The molecule has 2 aromatic carbocycles. The van der Waals surface area contributed by atoms with Crippen LogP contribution < -0.4 is 10.2 Å². The molecular weight excluding hydrogens is 379 g/mol. The van der Waals surface area contributed by atoms with Crippen molar-refractivity contribution in [3.05, 3.63) is 64.0 Å². The predicted octanol–water partition coefficient (Wildman–Crippen LogP) is 2.70. The molecule has 1 heterocycles. The highest BCUT2D eigenvalue weighted by molar-refractivity contribution is 5.95. The molecule has 0 radical (unpaired) electrons. The van der Waals surface area contributed by atoms with Gasteiger partial charge >= 0.3 is 0 Å². The summed E-state index contributed by atoms with van der Waals surface area (Å²) in [6.07, 6.45) is 0. The van der Waals surface area contributed by atoms with Crippen molar-refractivity contribution in [2.75, 3.05) is 42.9 Å². The van der Waals surface area contributed by atoms with E-state index in [2.05, 4.69) is 5.32 Å². The number of amides is 1. The van der Waals surface area contributed by atoms with E-state index in [0.29, 0.717) is 37.4 Å². The second kappa shape index (κ2) is 8.78. The van der Waals surface area contributed by atoms with Gasteiger partial charge in [0.1, 0.15) is 11.5 Å². The van der Waals surface area contributed by atoms with Gasteiger partial charge in [0.25, 0.3) is 5.69 Å². The van der Waals surface area contributed by atoms with Crippen LogP contribution in [0.15, 0.2) is 42.5 Å². The number of carbonyl (C=O) groups is 2. The summed E-state index contributed by atoms with van der Waals surface area (Å²) in [5.74, 6) is -1.04. The lowest BCUT2D eigenvalue weighted by Gasteiger charge is -2.35. The number of ketones is 1. The summed E-state index contributed by atoms with van der Waals surface area (Å²) >= 11 is 0. The fraction of sp³-hybridized carbons (Fsp3) is 0.300. The highest BCUT2D eigenvalue weighted by atomic mass is 19.1. The average Bonchev–Trinajstić information content (AvgIpc) is 2.70. The molecule has 1 saturated heterocycles. The summed E-state index contributed by atoms with van der Waals surface area (Å²) in [6, 6.07) is 10.4. The van der Waals surface area contributed by atoms with E-state index in [9.17, 15) is 24.1 Å². The van der Waals surface area contributed by atoms with Gasteiger partial charge in [0.2, 0.25) is 5.91 Å². The van der Waals surface area contributed by atoms with Crippen LogP contribution in [0.1, 0.15) is 17.3 Å². The van der Waals surface area contributed by atoms with Gasteiger partial charge in [-0.2, -0.15) is 0 Å². The maximum absolute atomic E-state index is 13.6. The zero-order chi connectivity index (χ0) is 21.0. The van der Waals surface area contributed by atoms with Crippen LogP contribution in [-0.2, 0) is 4.79 Å². The smallest absolute Gasteiger partial charge is 0.293 e. The Kier molecular flexibility index (Phi) is 6.18. The van der Waals surface area contributed by atoms with Gasteiger partial charge in [-0.1, -0.05) is 12.1 Å². The molecule has 0 aliphatic carbocycles. The summed E-state index contributed by atoms with van der Waals surface area (Å²) in [7, 11) is 0. The van der Waals surface area contributed by atoms with Crippen LogP contribution in [0.4, 0.5) is 21.5 Å². The lowest BCUT2D eigenvalue weighted by molar-refractivity contribution is -0.384. The molecule has 29 heavy (non-hydrogen) atoms. The highest BCUT2D eigenvalue weighted by Crippen LogP contribution is 2.30. The molecule has 9 heteroatoms. The number of hydrogen-bond acceptors (Lipinski definition) is 6. The van der Waals surface area contributed by atoms with Gasteiger partial charge in [-0.05, 0) is 31.2 Å². The molecule has 0 unspecified atom stereocenters. The van der Waals surface area contributed by atoms with E-state index in [1.54, 1.807) is 24.3 Å². The second-order valence-electron chi connectivity index (χ2n) is 6.81. The number of nitro benzene ring substituents is 1. The monoisotopic (exact) mass is 400 g/mol. The predicted molar refractivity (Wildman–Crippen MR) is 107 cm³/mol. The second-order valence-corrected chi connectivity index (χ2v) is 6.81. The highest BCUT2D eigenvalue weighted by Gasteiger charge is 2.25. The van der Waals surface area contributed by atoms with Crippen molar-refractivity contribution in [1.29, 1.82) is 0 Å². The third kappa shape index (κ3) is 4.94. The number of benzene rings is 2. The van der Waals surface area contributed by atoms with Crippen LogP contribution in [0.2, 0.25) is 0 Å². The van der Waals surface area contributed by atoms with Crippen LogP contribution >= 0.6 is 0 Å². The molecule has 1 amide bonds. The number of nitrogens with zero attached hydrogens (tertiary/aromatic N) is 3. The van der Waals surface area contributed by atoms with Crippen LogP contribution in [0, 0.1) is 15.9 Å². The van der Waals surface area contributed by atoms with E-state index >= 15 is 0 Å². The number of para-hydroxylation sites is 1. The molecule has 1 aliphatic heterocycles. The quantitative estimate of drug-likeness (QED) is 0.455. The van der Waals surface area contributed by atoms with E-state index in [0.717, 1.165) is 0 Å². The summed E-state index contributed by atoms with van der Waals surface area (Å²) in [6.45, 7) is 3.50. The first kappa shape index (κ1) is 20.4. The minimum Gasteiger partial charge on any atom is -0.363 e. The van der Waals surface area contributed by atoms with Gasteiger partial charge < -0.3 is 10.2 Å². The van der Waals surface area contributed by atoms with Crippen molar-refractivity contribution in [2.45, 2.75) is 6.92 Å². The molecular formula is C20H21FN4O4. The molecule has 0 bridgehead atoms. The Morgan fingerprint density at radius 1 is 1.14 bits per heavy atom. The molecule has 0 saturated carbocycles. The molecule has 1 aliphatic rings. The Balaban J connectivity index is 1.60. The fourth-order valence-corrected chi connectivity index (χ4v) is 3.26. The molecule has 3 rings (SSSR count). The average molecular weight is 400 g/mol. The first-order valence-electron chi connectivity index (χ1n) is 9.16. The zero-order valence-electron chi connectivity index (χ0n) is 15.9. The topological polar surface area (TPSA) is 95.8 Å². The van der Waals surface area contributed by atoms with Crippen molar-refractivity contribution in [2.24, 2.45) is 0 Å². The van der Waals surface area contributed by atoms with Crippen LogP contribution in [0.5, 0.6) is 0 Å². The Morgan fingerprint density at radius 2 is 1.83 bits per heavy atom. The number of carbonyl (C=O) groups excluding carboxylic acids is 2. The number of nitrogens with one attached hydrogen (secondary N) is 1. The fourth-order valence-electron chi connectivity index (χ4n) is 3.26. The molecule has 0 spiro atoms. The minimum absolute atomic E-state index is 0.105. The van der Waals surface area contributed by atoms with Crippen molar-refractivity contribution >= 4 is 28.8 Å². The van der Waals surface area contributed by atoms with E-state index in [1.807, 2.05) is 9.80 Å². The standard InChI is InChI=1S/C20H21FN4O4/c1-14(26)15-6-7-18(19(12-15)25(28)29)24-10-8-23(9-11-24)13-20(27)22-17-5-3-2-4-16(17)21/h2-7,12H,8-11,13H2,1H3,(H,22,27). The Morgan fingerprint density at radius 3 is 2.45 bits per heavy atom. The van der Waals surface area contributed by atoms with Crippen molar-refractivity contribution < 1.29 is 18.9 Å². The number of Topliss-reactive ketones (excluding diaryl/α,β-unsaturated/α-hetero) is 1. The molecule has 152 valence electrons. The summed E-state index contributed by atoms with van der Waals surface area (Å²) in [4.78, 5) is 38.4. The largest absolute Gasteiger partial charge is 0.363 e. The van der Waals surface area contributed by atoms with Gasteiger partial charge in [0.05, 0.1) is 17.2 Å². The number of rotatable bonds is 6. The molecule has 1 N–H and O–H groups in total. The van der Waals surface area contributed by atoms with E-state index in [-0.39, 0.29) is 29.6 Å². The van der Waals surface area contributed by atoms with Gasteiger partial charge in [-0.3, -0.25) is 24.6 Å². The first-order chi connectivity index (χ1) is 13.8. The Bertz CT molecular complexity index is 942. The van der Waals surface area contributed by atoms with E-state index in [1.165, 1.54) is 25.1 Å². The zero-order valence-corrected chi connectivity index (χ0v) is 15.9. The normalized spacial score (nSPS) is 14.5. The maximum atomic E-state index is 13.6. The van der Waals surface area contributed by atoms with Crippen molar-refractivity contribution in [3.63, 3.8) is 0 Å². The third-order valence-electron chi connectivity index (χ3n) is 4.81. The molecule has 8 nitrogen and oxygen atoms in total. The lowest BCUT2D eigenvalue weighted by Crippen LogP contribution is -2.48. The SMILES string of the molecule is CC(=O)c1ccc(N2CCN(CC(=O)Nc3ccccc3F)CC2)c([N+](=O)[O-])c1. The summed E-state index contributed by atoms with van der Waals surface area (Å²) < 4.78 is 13.6. The molecule has 0 atom stereocenters. The summed E-state index contributed by atoms with van der Waals surface area (Å²) in [5.41, 5.74) is 0.778. The minimum atomic E-state index is -0.494. The van der Waals surface area contributed by atoms with E-state index < -0.39 is 10.7 Å². The number of hydrogen-bond donors (Lipinski definition) is 1. The van der Waals surface area contributed by atoms with Crippen LogP contribution in [-0.4, -0.2) is 54.2 Å². The molecule has 2 aromatic rings. The Hall–Kier alpha value is -3.33. The number of anilines is 2. The molecule has 1 fully saturated rings. The van der Waals surface area contributed by atoms with Crippen LogP contribution in [0.3, 0.4) is 0 Å².